The molecule has 0 N–H and O–H groups in total. The smallest absolute Gasteiger partial charge is 0.309 e. The van der Waals surface area contributed by atoms with E-state index in [4.69, 9.17) is 4.74 Å². The van der Waals surface area contributed by atoms with Gasteiger partial charge in [0.05, 0.1) is 10.8 Å². The molecule has 0 aromatic heterocycles. The summed E-state index contributed by atoms with van der Waals surface area (Å²) in [6.07, 6.45) is 7.98. The van der Waals surface area contributed by atoms with Crippen LogP contribution in [-0.2, 0) is 14.3 Å². The second-order valence-corrected chi connectivity index (χ2v) is 10.2. The minimum absolute atomic E-state index is 0.0877. The molecule has 0 radical (unpaired) electrons. The lowest BCUT2D eigenvalue weighted by atomic mass is 9.48. The Hall–Kier alpha value is -2.44. The molecule has 7 heteroatoms. The topological polar surface area (TPSA) is 89.8 Å². The van der Waals surface area contributed by atoms with E-state index in [-0.39, 0.29) is 40.3 Å². The molecule has 1 aliphatic heterocycles. The van der Waals surface area contributed by atoms with Crippen LogP contribution in [0.25, 0.3) is 0 Å². The fraction of sp³-hybridized carbons (Fsp3) is 0.667. The first-order chi connectivity index (χ1) is 14.9. The van der Waals surface area contributed by atoms with Gasteiger partial charge in [-0.25, -0.2) is 0 Å². The molecule has 31 heavy (non-hydrogen) atoms. The van der Waals surface area contributed by atoms with E-state index in [2.05, 4.69) is 0 Å². The lowest BCUT2D eigenvalue weighted by Gasteiger charge is -2.55. The van der Waals surface area contributed by atoms with Gasteiger partial charge in [-0.2, -0.15) is 0 Å². The molecule has 0 atom stereocenters. The number of nitro benzene ring substituents is 1. The predicted molar refractivity (Wildman–Crippen MR) is 115 cm³/mol. The van der Waals surface area contributed by atoms with E-state index in [1.807, 2.05) is 4.90 Å². The van der Waals surface area contributed by atoms with Crippen LogP contribution in [0, 0.1) is 39.2 Å². The van der Waals surface area contributed by atoms with Crippen LogP contribution < -0.4 is 4.90 Å². The molecule has 4 aliphatic carbocycles. The summed E-state index contributed by atoms with van der Waals surface area (Å²) in [6, 6.07) is 6.71. The first-order valence-electron chi connectivity index (χ1n) is 11.6. The molecule has 6 rings (SSSR count). The van der Waals surface area contributed by atoms with E-state index in [0.717, 1.165) is 19.3 Å². The number of nitrogens with zero attached hydrogens (tertiary/aromatic N) is 2. The number of rotatable bonds is 6. The lowest BCUT2D eigenvalue weighted by Crippen LogP contribution is -2.51. The number of hydrogen-bond acceptors (Lipinski definition) is 6. The Balaban J connectivity index is 1.14. The quantitative estimate of drug-likeness (QED) is 0.386. The Morgan fingerprint density at radius 2 is 1.61 bits per heavy atom. The van der Waals surface area contributed by atoms with Crippen molar-refractivity contribution < 1.29 is 19.2 Å². The SMILES string of the molecule is O=C(OCC(=O)C12CC3CC(CC(C3)C1)C2)C1CCN(c2ccccc2[N+](=O)[O-])CC1. The normalized spacial score (nSPS) is 32.1. The van der Waals surface area contributed by atoms with Crippen LogP contribution in [0.4, 0.5) is 11.4 Å². The van der Waals surface area contributed by atoms with E-state index >= 15 is 0 Å². The van der Waals surface area contributed by atoms with E-state index in [1.54, 1.807) is 18.2 Å². The van der Waals surface area contributed by atoms with Crippen LogP contribution in [0.1, 0.15) is 51.4 Å². The Morgan fingerprint density at radius 3 is 2.19 bits per heavy atom. The van der Waals surface area contributed by atoms with Gasteiger partial charge in [-0.15, -0.1) is 0 Å². The zero-order chi connectivity index (χ0) is 21.6. The lowest BCUT2D eigenvalue weighted by molar-refractivity contribution is -0.384. The molecule has 4 bridgehead atoms. The maximum Gasteiger partial charge on any atom is 0.309 e. The fourth-order valence-electron chi connectivity index (χ4n) is 7.10. The number of carbonyl (C=O) groups is 2. The molecule has 7 nitrogen and oxygen atoms in total. The van der Waals surface area contributed by atoms with E-state index in [1.165, 1.54) is 25.3 Å². The van der Waals surface area contributed by atoms with Crippen LogP contribution in [0.2, 0.25) is 0 Å². The van der Waals surface area contributed by atoms with Crippen molar-refractivity contribution in [3.05, 3.63) is 34.4 Å². The third-order valence-corrected chi connectivity index (χ3v) is 8.22. The summed E-state index contributed by atoms with van der Waals surface area (Å²) in [5.41, 5.74) is 0.450. The Kier molecular flexibility index (Phi) is 5.22. The molecule has 166 valence electrons. The summed E-state index contributed by atoms with van der Waals surface area (Å²) < 4.78 is 5.52. The molecule has 0 amide bonds. The minimum Gasteiger partial charge on any atom is -0.457 e. The fourth-order valence-corrected chi connectivity index (χ4v) is 7.10. The highest BCUT2D eigenvalue weighted by Gasteiger charge is 2.54. The number of anilines is 1. The van der Waals surface area contributed by atoms with Crippen molar-refractivity contribution in [2.24, 2.45) is 29.1 Å². The first-order valence-corrected chi connectivity index (χ1v) is 11.6. The molecule has 1 heterocycles. The number of ether oxygens (including phenoxy) is 1. The second kappa shape index (κ2) is 7.92. The zero-order valence-corrected chi connectivity index (χ0v) is 17.8. The van der Waals surface area contributed by atoms with Crippen molar-refractivity contribution in [1.29, 1.82) is 0 Å². The molecule has 0 spiro atoms. The summed E-state index contributed by atoms with van der Waals surface area (Å²) in [5.74, 6) is 1.67. The summed E-state index contributed by atoms with van der Waals surface area (Å²) >= 11 is 0. The molecule has 1 saturated heterocycles. The molecule has 1 aromatic carbocycles. The van der Waals surface area contributed by atoms with E-state index in [9.17, 15) is 19.7 Å². The van der Waals surface area contributed by atoms with Crippen molar-refractivity contribution in [3.8, 4) is 0 Å². The van der Waals surface area contributed by atoms with Crippen LogP contribution in [-0.4, -0.2) is 36.4 Å². The van der Waals surface area contributed by atoms with Crippen molar-refractivity contribution in [3.63, 3.8) is 0 Å². The maximum absolute atomic E-state index is 13.1. The Bertz CT molecular complexity index is 854. The van der Waals surface area contributed by atoms with Crippen LogP contribution >= 0.6 is 0 Å². The first kappa shape index (κ1) is 20.5. The molecular weight excluding hydrogens is 396 g/mol. The number of hydrogen-bond donors (Lipinski definition) is 0. The van der Waals surface area contributed by atoms with Gasteiger partial charge >= 0.3 is 5.97 Å². The van der Waals surface area contributed by atoms with Gasteiger partial charge in [0.1, 0.15) is 5.69 Å². The largest absolute Gasteiger partial charge is 0.457 e. The Labute approximate surface area is 182 Å². The number of para-hydroxylation sites is 2. The number of esters is 1. The van der Waals surface area contributed by atoms with Gasteiger partial charge in [0.25, 0.3) is 5.69 Å². The third kappa shape index (κ3) is 3.83. The third-order valence-electron chi connectivity index (χ3n) is 8.22. The summed E-state index contributed by atoms with van der Waals surface area (Å²) in [4.78, 5) is 38.6. The predicted octanol–water partition coefficient (Wildman–Crippen LogP) is 4.14. The number of piperidine rings is 1. The van der Waals surface area contributed by atoms with Crippen LogP contribution in [0.5, 0.6) is 0 Å². The molecular formula is C24H30N2O5. The highest BCUT2D eigenvalue weighted by atomic mass is 16.6. The van der Waals surface area contributed by atoms with Gasteiger partial charge in [0.15, 0.2) is 12.4 Å². The van der Waals surface area contributed by atoms with Gasteiger partial charge in [-0.3, -0.25) is 19.7 Å². The number of carbonyl (C=O) groups excluding carboxylic acids is 2. The van der Waals surface area contributed by atoms with Gasteiger partial charge in [-0.1, -0.05) is 12.1 Å². The molecule has 5 fully saturated rings. The van der Waals surface area contributed by atoms with Crippen molar-refractivity contribution in [1.82, 2.24) is 0 Å². The number of Topliss-reactive ketones (excluding diaryl/α,β-unsaturated/α-hetero) is 1. The average molecular weight is 427 g/mol. The summed E-state index contributed by atoms with van der Waals surface area (Å²) in [7, 11) is 0. The van der Waals surface area contributed by atoms with Gasteiger partial charge in [0.2, 0.25) is 0 Å². The highest BCUT2D eigenvalue weighted by Crippen LogP contribution is 2.60. The second-order valence-electron chi connectivity index (χ2n) is 10.2. The maximum atomic E-state index is 13.1. The number of ketones is 1. The minimum atomic E-state index is -0.369. The van der Waals surface area contributed by atoms with E-state index < -0.39 is 0 Å². The van der Waals surface area contributed by atoms with Gasteiger partial charge < -0.3 is 9.64 Å². The molecule has 1 aromatic rings. The molecule has 0 unspecified atom stereocenters. The highest BCUT2D eigenvalue weighted by molar-refractivity contribution is 5.88. The van der Waals surface area contributed by atoms with Crippen molar-refractivity contribution >= 4 is 23.1 Å². The average Bonchev–Trinajstić information content (AvgIpc) is 2.76. The molecule has 4 saturated carbocycles. The standard InChI is InChI=1S/C24H30N2O5/c27-22(24-12-16-9-17(13-24)11-18(10-16)14-24)15-31-23(28)19-5-7-25(8-6-19)20-3-1-2-4-21(20)26(29)30/h1-4,16-19H,5-15H2. The summed E-state index contributed by atoms with van der Waals surface area (Å²) in [5, 5.41) is 11.3. The summed E-state index contributed by atoms with van der Waals surface area (Å²) in [6.45, 7) is 1.04. The van der Waals surface area contributed by atoms with Crippen LogP contribution in [0.15, 0.2) is 24.3 Å². The van der Waals surface area contributed by atoms with Gasteiger partial charge in [0, 0.05) is 24.6 Å². The van der Waals surface area contributed by atoms with Gasteiger partial charge in [-0.05, 0) is 75.2 Å². The molecule has 5 aliphatic rings. The monoisotopic (exact) mass is 426 g/mol. The Morgan fingerprint density at radius 1 is 1.03 bits per heavy atom. The van der Waals surface area contributed by atoms with Crippen molar-refractivity contribution in [2.75, 3.05) is 24.6 Å². The van der Waals surface area contributed by atoms with Crippen LogP contribution in [0.3, 0.4) is 0 Å². The van der Waals surface area contributed by atoms with Crippen molar-refractivity contribution in [2.45, 2.75) is 51.4 Å². The number of benzene rings is 1. The van der Waals surface area contributed by atoms with E-state index in [0.29, 0.717) is 49.4 Å². The number of nitro groups is 1. The zero-order valence-electron chi connectivity index (χ0n) is 17.8.